The zero-order chi connectivity index (χ0) is 53.9. The Labute approximate surface area is 432 Å². The number of nitrogen functional groups attached to an aromatic ring is 1. The molecular weight excluding hydrogens is 1040 g/mol. The van der Waals surface area contributed by atoms with E-state index in [0.29, 0.717) is 12.2 Å². The summed E-state index contributed by atoms with van der Waals surface area (Å²) in [5, 5.41) is 26.7. The predicted octanol–water partition coefficient (Wildman–Crippen LogP) is 7.04. The topological polar surface area (TPSA) is 364 Å². The highest BCUT2D eigenvalue weighted by molar-refractivity contribution is 8.13. The van der Waals surface area contributed by atoms with Crippen molar-refractivity contribution in [2.75, 3.05) is 37.8 Å². The number of hydrogen-bond donors (Lipinski definition) is 9. The lowest BCUT2D eigenvalue weighted by Gasteiger charge is -2.30. The molecule has 2 aromatic heterocycles. The monoisotopic (exact) mass is 1120 g/mol. The molecule has 0 saturated carbocycles. The Kier molecular flexibility index (Phi) is 29.6. The van der Waals surface area contributed by atoms with Gasteiger partial charge in [0.05, 0.1) is 19.5 Å². The Balaban J connectivity index is 1.23. The maximum atomic E-state index is 12.8. The van der Waals surface area contributed by atoms with Crippen LogP contribution in [-0.2, 0) is 50.7 Å². The summed E-state index contributed by atoms with van der Waals surface area (Å²) in [5.41, 5.74) is 4.29. The van der Waals surface area contributed by atoms with E-state index in [-0.39, 0.29) is 41.6 Å². The number of nitrogens with two attached hydrogens (primary N) is 1. The lowest BCUT2D eigenvalue weighted by molar-refractivity contribution is -0.137. The molecule has 1 saturated heterocycles. The average Bonchev–Trinajstić information content (AvgIpc) is 3.88. The van der Waals surface area contributed by atoms with E-state index in [9.17, 15) is 57.9 Å². The van der Waals surface area contributed by atoms with Gasteiger partial charge in [-0.2, -0.15) is 4.31 Å². The smallest absolute Gasteiger partial charge is 0.386 e. The van der Waals surface area contributed by atoms with Crippen molar-refractivity contribution in [1.82, 2.24) is 30.2 Å². The third kappa shape index (κ3) is 25.8. The highest BCUT2D eigenvalue weighted by Crippen LogP contribution is 2.61. The summed E-state index contributed by atoms with van der Waals surface area (Å²) in [5.74, 6) is -1.02. The summed E-state index contributed by atoms with van der Waals surface area (Å²) in [6.45, 7) is 2.83. The zero-order valence-electron chi connectivity index (χ0n) is 42.4. The SMILES string of the molecule is CCCCCCCC/C=C\CCCCCCCCCCCCCC(=O)SCCNC(=O)CCNC(=O)[C@H](O)C(C)(C)COP(=O)(O)OP(=O)(O)OC[C@H]1O[C@@H](n2cnc3c(N)ncnc32)[C@H](O)[C@@H]1OP(=O)(O)O. The first-order chi connectivity index (χ1) is 34.6. The van der Waals surface area contributed by atoms with Gasteiger partial charge in [0.2, 0.25) is 11.8 Å². The quantitative estimate of drug-likeness (QED) is 0.0183. The molecule has 10 N–H and O–H groups in total. The van der Waals surface area contributed by atoms with Crippen molar-refractivity contribution in [1.29, 1.82) is 0 Å². The highest BCUT2D eigenvalue weighted by atomic mass is 32.2. The Morgan fingerprint density at radius 3 is 2.00 bits per heavy atom. The Hall–Kier alpha value is -2.70. The number of imidazole rings is 1. The molecule has 2 unspecified atom stereocenters. The van der Waals surface area contributed by atoms with Crippen LogP contribution in [0.3, 0.4) is 0 Å². The first kappa shape index (κ1) is 64.6. The number of rotatable bonds is 40. The van der Waals surface area contributed by atoms with Gasteiger partial charge in [0, 0.05) is 37.1 Å². The van der Waals surface area contributed by atoms with E-state index in [2.05, 4.69) is 53.5 Å². The molecule has 0 radical (unpaired) electrons. The van der Waals surface area contributed by atoms with E-state index in [1.165, 1.54) is 117 Å². The van der Waals surface area contributed by atoms with Gasteiger partial charge < -0.3 is 50.9 Å². The van der Waals surface area contributed by atoms with Crippen LogP contribution in [0.4, 0.5) is 5.82 Å². The Bertz CT molecular complexity index is 2150. The standard InChI is InChI=1S/C45H80N7O17P3S/c1-4-5-6-7-8-9-10-11-12-13-14-15-16-17-18-19-20-21-22-23-24-25-36(54)73-29-28-47-35(53)26-27-48-43(57)40(56)45(2,3)31-66-72(63,64)69-71(61,62)65-30-34-39(68-70(58,59)60)38(55)44(67-34)52-33-51-37-41(46)49-32-50-42(37)52/h11-12,32-34,38-40,44,55-56H,4-10,13-31H2,1-3H3,(H,47,53)(H,48,57)(H,61,62)(H,63,64)(H2,46,49,50)(H2,58,59,60)/b12-11-/t34-,38-,39-,40+,44-/m1/s1. The molecule has 1 aliphatic heterocycles. The maximum absolute atomic E-state index is 12.8. The molecule has 3 heterocycles. The lowest BCUT2D eigenvalue weighted by Crippen LogP contribution is -2.46. The second-order valence-electron chi connectivity index (χ2n) is 18.7. The van der Waals surface area contributed by atoms with Crippen LogP contribution in [0.25, 0.3) is 11.2 Å². The zero-order valence-corrected chi connectivity index (χ0v) is 45.9. The molecule has 1 fully saturated rings. The van der Waals surface area contributed by atoms with Crippen LogP contribution in [0.5, 0.6) is 0 Å². The van der Waals surface area contributed by atoms with Crippen LogP contribution >= 0.6 is 35.2 Å². The van der Waals surface area contributed by atoms with E-state index in [1.54, 1.807) is 0 Å². The number of allylic oxidation sites excluding steroid dienone is 2. The highest BCUT2D eigenvalue weighted by Gasteiger charge is 2.50. The molecule has 0 bridgehead atoms. The summed E-state index contributed by atoms with van der Waals surface area (Å²) in [4.78, 5) is 88.6. The second kappa shape index (κ2) is 33.5. The molecule has 28 heteroatoms. The van der Waals surface area contributed by atoms with Gasteiger partial charge in [-0.1, -0.05) is 135 Å². The summed E-state index contributed by atoms with van der Waals surface area (Å²) < 4.78 is 62.5. The fourth-order valence-corrected chi connectivity index (χ4v) is 11.3. The summed E-state index contributed by atoms with van der Waals surface area (Å²) in [6, 6.07) is 0. The number of hydrogen-bond acceptors (Lipinski definition) is 18. The lowest BCUT2D eigenvalue weighted by atomic mass is 9.87. The third-order valence-electron chi connectivity index (χ3n) is 11.9. The van der Waals surface area contributed by atoms with E-state index in [1.807, 2.05) is 0 Å². The summed E-state index contributed by atoms with van der Waals surface area (Å²) in [6.07, 6.45) is 22.0. The molecule has 3 rings (SSSR count). The van der Waals surface area contributed by atoms with Gasteiger partial charge >= 0.3 is 23.5 Å². The minimum Gasteiger partial charge on any atom is -0.386 e. The number of phosphoric acid groups is 3. The molecule has 0 aromatic carbocycles. The van der Waals surface area contributed by atoms with E-state index < -0.39 is 84.6 Å². The van der Waals surface area contributed by atoms with Crippen LogP contribution in [0.1, 0.15) is 162 Å². The number of ether oxygens (including phenoxy) is 1. The van der Waals surface area contributed by atoms with Crippen molar-refractivity contribution in [3.05, 3.63) is 24.8 Å². The number of carbonyl (C=O) groups is 3. The van der Waals surface area contributed by atoms with Crippen molar-refractivity contribution >= 4 is 69.1 Å². The number of amides is 2. The summed E-state index contributed by atoms with van der Waals surface area (Å²) >= 11 is 1.16. The summed E-state index contributed by atoms with van der Waals surface area (Å²) in [7, 11) is -16.4. The number of nitrogens with zero attached hydrogens (tertiary/aromatic N) is 4. The molecule has 1 aliphatic rings. The average molecular weight is 1120 g/mol. The van der Waals surface area contributed by atoms with Crippen molar-refractivity contribution in [3.8, 4) is 0 Å². The molecule has 73 heavy (non-hydrogen) atoms. The number of anilines is 1. The Morgan fingerprint density at radius 1 is 0.822 bits per heavy atom. The van der Waals surface area contributed by atoms with Gasteiger partial charge in [-0.15, -0.1) is 0 Å². The molecule has 7 atom stereocenters. The number of carbonyl (C=O) groups excluding carboxylic acids is 3. The van der Waals surface area contributed by atoms with Crippen LogP contribution in [-0.4, -0.2) is 123 Å². The van der Waals surface area contributed by atoms with Crippen molar-refractivity contribution < 1.29 is 80.5 Å². The first-order valence-corrected chi connectivity index (χ1v) is 30.8. The van der Waals surface area contributed by atoms with Crippen LogP contribution < -0.4 is 16.4 Å². The van der Waals surface area contributed by atoms with Crippen LogP contribution in [0.2, 0.25) is 0 Å². The van der Waals surface area contributed by atoms with Gasteiger partial charge in [-0.3, -0.25) is 32.5 Å². The molecule has 24 nitrogen and oxygen atoms in total. The number of aliphatic hydroxyl groups is 2. The van der Waals surface area contributed by atoms with Crippen molar-refractivity contribution in [2.24, 2.45) is 5.41 Å². The first-order valence-electron chi connectivity index (χ1n) is 25.3. The van der Waals surface area contributed by atoms with Gasteiger partial charge in [0.1, 0.15) is 36.3 Å². The fourth-order valence-electron chi connectivity index (χ4n) is 7.77. The van der Waals surface area contributed by atoms with Crippen LogP contribution in [0, 0.1) is 5.41 Å². The van der Waals surface area contributed by atoms with Gasteiger partial charge in [-0.25, -0.2) is 28.6 Å². The number of thioether (sulfide) groups is 1. The maximum Gasteiger partial charge on any atom is 0.481 e. The van der Waals surface area contributed by atoms with Crippen molar-refractivity contribution in [3.63, 3.8) is 0 Å². The van der Waals surface area contributed by atoms with E-state index >= 15 is 0 Å². The largest absolute Gasteiger partial charge is 0.481 e. The van der Waals surface area contributed by atoms with Gasteiger partial charge in [-0.05, 0) is 32.1 Å². The molecule has 0 aliphatic carbocycles. The number of fused-ring (bicyclic) bond motifs is 1. The predicted molar refractivity (Wildman–Crippen MR) is 274 cm³/mol. The van der Waals surface area contributed by atoms with Gasteiger partial charge in [0.25, 0.3) is 0 Å². The molecule has 0 spiro atoms. The second-order valence-corrected chi connectivity index (χ2v) is 24.1. The number of unbranched alkanes of at least 4 members (excludes halogenated alkanes) is 17. The minimum atomic E-state index is -5.58. The fraction of sp³-hybridized carbons (Fsp3) is 0.778. The minimum absolute atomic E-state index is 0.0339. The molecular formula is C45H80N7O17P3S. The normalized spacial score (nSPS) is 19.5. The van der Waals surface area contributed by atoms with Crippen LogP contribution in [0.15, 0.2) is 24.8 Å². The van der Waals surface area contributed by atoms with E-state index in [4.69, 9.17) is 19.5 Å². The number of nitrogens with one attached hydrogen (secondary N) is 2. The van der Waals surface area contributed by atoms with Gasteiger partial charge in [0.15, 0.2) is 22.8 Å². The molecule has 2 aromatic rings. The third-order valence-corrected chi connectivity index (χ3v) is 15.9. The molecule has 418 valence electrons. The number of aliphatic hydroxyl groups excluding tert-OH is 2. The van der Waals surface area contributed by atoms with Crippen molar-refractivity contribution in [2.45, 2.75) is 186 Å². The Morgan fingerprint density at radius 2 is 1.40 bits per heavy atom. The van der Waals surface area contributed by atoms with E-state index in [0.717, 1.165) is 48.2 Å². The molecule has 2 amide bonds. The number of aromatic nitrogens is 4. The number of phosphoric ester groups is 3.